The fourth-order valence-electron chi connectivity index (χ4n) is 2.75. The number of piperidine rings is 1. The van der Waals surface area contributed by atoms with Crippen LogP contribution in [-0.4, -0.2) is 28.6 Å². The molecule has 6 nitrogen and oxygen atoms in total. The van der Waals surface area contributed by atoms with E-state index in [1.54, 1.807) is 6.92 Å². The third-order valence-electron chi connectivity index (χ3n) is 3.64. The number of para-hydroxylation sites is 1. The molecule has 1 heterocycles. The van der Waals surface area contributed by atoms with Crippen LogP contribution in [-0.2, 0) is 4.79 Å². The number of halogens is 1. The highest BCUT2D eigenvalue weighted by Crippen LogP contribution is 2.36. The van der Waals surface area contributed by atoms with E-state index in [2.05, 4.69) is 0 Å². The van der Waals surface area contributed by atoms with E-state index in [4.69, 9.17) is 0 Å². The van der Waals surface area contributed by atoms with Gasteiger partial charge in [0, 0.05) is 6.54 Å². The molecule has 0 aliphatic carbocycles. The molecule has 1 N–H and O–H groups in total. The average Bonchev–Trinajstić information content (AvgIpc) is 2.37. The molecule has 0 amide bonds. The number of carbonyl (C=O) groups is 1. The smallest absolute Gasteiger partial charge is 0.327 e. The van der Waals surface area contributed by atoms with Crippen LogP contribution in [0.3, 0.4) is 0 Å². The first kappa shape index (κ1) is 14.2. The Morgan fingerprint density at radius 2 is 2.25 bits per heavy atom. The second-order valence-electron chi connectivity index (χ2n) is 4.96. The first-order valence-corrected chi connectivity index (χ1v) is 6.36. The van der Waals surface area contributed by atoms with Gasteiger partial charge in [0.15, 0.2) is 0 Å². The lowest BCUT2D eigenvalue weighted by Crippen LogP contribution is -2.49. The van der Waals surface area contributed by atoms with Crippen LogP contribution < -0.4 is 4.90 Å². The Labute approximate surface area is 115 Å². The second-order valence-corrected chi connectivity index (χ2v) is 4.96. The first-order chi connectivity index (χ1) is 9.43. The van der Waals surface area contributed by atoms with E-state index in [0.717, 1.165) is 18.9 Å². The summed E-state index contributed by atoms with van der Waals surface area (Å²) in [5.41, 5.74) is -0.623. The van der Waals surface area contributed by atoms with E-state index in [-0.39, 0.29) is 11.6 Å². The number of benzene rings is 1. The summed E-state index contributed by atoms with van der Waals surface area (Å²) in [4.78, 5) is 23.1. The Bertz CT molecular complexity index is 549. The molecule has 1 fully saturated rings. The van der Waals surface area contributed by atoms with Gasteiger partial charge in [-0.15, -0.1) is 0 Å². The highest BCUT2D eigenvalue weighted by Gasteiger charge is 2.37. The molecule has 1 aliphatic rings. The standard InChI is InChI=1S/C13H15FN2O4/c1-8-4-3-7-15(11(8)13(17)18)10-6-2-5-9(14)12(10)16(19)20/h2,5-6,8,11H,3-4,7H2,1H3,(H,17,18). The summed E-state index contributed by atoms with van der Waals surface area (Å²) in [6.45, 7) is 2.15. The van der Waals surface area contributed by atoms with Gasteiger partial charge in [-0.2, -0.15) is 4.39 Å². The number of carboxylic acid groups (broad SMARTS) is 1. The molecule has 1 aromatic rings. The number of rotatable bonds is 3. The fourth-order valence-corrected chi connectivity index (χ4v) is 2.75. The van der Waals surface area contributed by atoms with Crippen LogP contribution in [0.4, 0.5) is 15.8 Å². The van der Waals surface area contributed by atoms with Gasteiger partial charge in [-0.3, -0.25) is 10.1 Å². The van der Waals surface area contributed by atoms with Gasteiger partial charge in [0.2, 0.25) is 5.82 Å². The van der Waals surface area contributed by atoms with Gasteiger partial charge in [0.1, 0.15) is 11.7 Å². The quantitative estimate of drug-likeness (QED) is 0.680. The molecule has 0 radical (unpaired) electrons. The maximum absolute atomic E-state index is 13.7. The van der Waals surface area contributed by atoms with Crippen molar-refractivity contribution in [2.75, 3.05) is 11.4 Å². The largest absolute Gasteiger partial charge is 0.480 e. The topological polar surface area (TPSA) is 83.7 Å². The SMILES string of the molecule is CC1CCCN(c2cccc(F)c2[N+](=O)[O-])C1C(=O)O. The molecule has 1 saturated heterocycles. The molecule has 7 heteroatoms. The minimum absolute atomic E-state index is 0.0361. The van der Waals surface area contributed by atoms with E-state index in [1.165, 1.54) is 17.0 Å². The lowest BCUT2D eigenvalue weighted by molar-refractivity contribution is -0.386. The molecular weight excluding hydrogens is 267 g/mol. The fraction of sp³-hybridized carbons (Fsp3) is 0.462. The van der Waals surface area contributed by atoms with Crippen molar-refractivity contribution in [3.63, 3.8) is 0 Å². The maximum Gasteiger partial charge on any atom is 0.327 e. The van der Waals surface area contributed by atoms with E-state index in [1.807, 2.05) is 0 Å². The monoisotopic (exact) mass is 282 g/mol. The molecule has 2 unspecified atom stereocenters. The summed E-state index contributed by atoms with van der Waals surface area (Å²) >= 11 is 0. The van der Waals surface area contributed by atoms with Crippen molar-refractivity contribution < 1.29 is 19.2 Å². The van der Waals surface area contributed by atoms with E-state index < -0.39 is 28.4 Å². The van der Waals surface area contributed by atoms with Gasteiger partial charge in [0.25, 0.3) is 0 Å². The van der Waals surface area contributed by atoms with Crippen molar-refractivity contribution in [3.8, 4) is 0 Å². The zero-order valence-electron chi connectivity index (χ0n) is 11.0. The lowest BCUT2D eigenvalue weighted by Gasteiger charge is -2.38. The molecule has 20 heavy (non-hydrogen) atoms. The third kappa shape index (κ3) is 2.43. The Balaban J connectivity index is 2.51. The maximum atomic E-state index is 13.7. The highest BCUT2D eigenvalue weighted by molar-refractivity contribution is 5.81. The molecule has 0 aromatic heterocycles. The summed E-state index contributed by atoms with van der Waals surface area (Å²) in [6.07, 6.45) is 1.45. The van der Waals surface area contributed by atoms with Crippen LogP contribution >= 0.6 is 0 Å². The van der Waals surface area contributed by atoms with E-state index in [0.29, 0.717) is 6.54 Å². The van der Waals surface area contributed by atoms with Gasteiger partial charge < -0.3 is 10.0 Å². The Morgan fingerprint density at radius 3 is 2.85 bits per heavy atom. The minimum Gasteiger partial charge on any atom is -0.480 e. The van der Waals surface area contributed by atoms with Gasteiger partial charge >= 0.3 is 11.7 Å². The Morgan fingerprint density at radius 1 is 1.55 bits per heavy atom. The van der Waals surface area contributed by atoms with Crippen molar-refractivity contribution in [3.05, 3.63) is 34.1 Å². The summed E-state index contributed by atoms with van der Waals surface area (Å²) in [6, 6.07) is 2.89. The summed E-state index contributed by atoms with van der Waals surface area (Å²) in [5.74, 6) is -2.14. The van der Waals surface area contributed by atoms with E-state index >= 15 is 0 Å². The number of anilines is 1. The number of aliphatic carboxylic acids is 1. The number of nitro benzene ring substituents is 1. The minimum atomic E-state index is -1.05. The zero-order valence-corrected chi connectivity index (χ0v) is 11.0. The van der Waals surface area contributed by atoms with Crippen molar-refractivity contribution in [2.45, 2.75) is 25.8 Å². The molecule has 0 spiro atoms. The van der Waals surface area contributed by atoms with Gasteiger partial charge in [-0.25, -0.2) is 4.79 Å². The number of nitrogens with zero attached hydrogens (tertiary/aromatic N) is 2. The van der Waals surface area contributed by atoms with Crippen molar-refractivity contribution in [1.29, 1.82) is 0 Å². The predicted molar refractivity (Wildman–Crippen MR) is 70.2 cm³/mol. The summed E-state index contributed by atoms with van der Waals surface area (Å²) < 4.78 is 13.7. The number of hydrogen-bond donors (Lipinski definition) is 1. The normalized spacial score (nSPS) is 22.6. The van der Waals surface area contributed by atoms with Gasteiger partial charge in [0.05, 0.1) is 4.92 Å². The van der Waals surface area contributed by atoms with Crippen LogP contribution in [0.5, 0.6) is 0 Å². The number of nitro groups is 1. The van der Waals surface area contributed by atoms with Crippen LogP contribution in [0.2, 0.25) is 0 Å². The summed E-state index contributed by atoms with van der Waals surface area (Å²) in [7, 11) is 0. The molecule has 0 bridgehead atoms. The highest BCUT2D eigenvalue weighted by atomic mass is 19.1. The Kier molecular flexibility index (Phi) is 3.87. The molecule has 0 saturated carbocycles. The predicted octanol–water partition coefficient (Wildman–Crippen LogP) is 2.42. The van der Waals surface area contributed by atoms with Crippen LogP contribution in [0.1, 0.15) is 19.8 Å². The van der Waals surface area contributed by atoms with Crippen LogP contribution in [0.15, 0.2) is 18.2 Å². The lowest BCUT2D eigenvalue weighted by atomic mass is 9.90. The van der Waals surface area contributed by atoms with Crippen LogP contribution in [0, 0.1) is 21.8 Å². The molecule has 108 valence electrons. The number of hydrogen-bond acceptors (Lipinski definition) is 4. The molecule has 2 atom stereocenters. The molecule has 1 aliphatic heterocycles. The summed E-state index contributed by atoms with van der Waals surface area (Å²) in [5, 5.41) is 20.4. The van der Waals surface area contributed by atoms with Crippen molar-refractivity contribution >= 4 is 17.3 Å². The average molecular weight is 282 g/mol. The van der Waals surface area contributed by atoms with E-state index in [9.17, 15) is 24.4 Å². The van der Waals surface area contributed by atoms with Gasteiger partial charge in [-0.1, -0.05) is 13.0 Å². The van der Waals surface area contributed by atoms with Gasteiger partial charge in [-0.05, 0) is 30.9 Å². The molecule has 2 rings (SSSR count). The Hall–Kier alpha value is -2.18. The van der Waals surface area contributed by atoms with Crippen LogP contribution in [0.25, 0.3) is 0 Å². The third-order valence-corrected chi connectivity index (χ3v) is 3.64. The zero-order chi connectivity index (χ0) is 14.9. The molecule has 1 aromatic carbocycles. The molecular formula is C13H15FN2O4. The van der Waals surface area contributed by atoms with Crippen molar-refractivity contribution in [2.24, 2.45) is 5.92 Å². The second kappa shape index (κ2) is 5.44. The first-order valence-electron chi connectivity index (χ1n) is 6.36. The number of carboxylic acids is 1. The van der Waals surface area contributed by atoms with Crippen molar-refractivity contribution in [1.82, 2.24) is 0 Å².